The van der Waals surface area contributed by atoms with Crippen LogP contribution in [0.4, 0.5) is 4.39 Å². The third-order valence-electron chi connectivity index (χ3n) is 2.24. The number of aliphatic hydroxyl groups excluding tert-OH is 1. The quantitative estimate of drug-likeness (QED) is 0.745. The summed E-state index contributed by atoms with van der Waals surface area (Å²) in [6.07, 6.45) is 0. The highest BCUT2D eigenvalue weighted by molar-refractivity contribution is 5.34. The van der Waals surface area contributed by atoms with Crippen LogP contribution >= 0.6 is 0 Å². The summed E-state index contributed by atoms with van der Waals surface area (Å²) in [7, 11) is 0. The van der Waals surface area contributed by atoms with Crippen LogP contribution in [-0.4, -0.2) is 11.7 Å². The molecular weight excluding hydrogens is 167 g/mol. The van der Waals surface area contributed by atoms with Crippen molar-refractivity contribution in [2.24, 2.45) is 0 Å². The zero-order valence-electron chi connectivity index (χ0n) is 8.26. The molecule has 0 spiro atoms. The predicted molar refractivity (Wildman–Crippen MR) is 51.5 cm³/mol. The molecule has 1 aromatic rings. The van der Waals surface area contributed by atoms with Gasteiger partial charge in [-0.3, -0.25) is 0 Å². The van der Waals surface area contributed by atoms with Gasteiger partial charge in [-0.15, -0.1) is 0 Å². The second kappa shape index (κ2) is 3.46. The van der Waals surface area contributed by atoms with E-state index in [0.29, 0.717) is 5.56 Å². The minimum atomic E-state index is -1.63. The first-order valence-electron chi connectivity index (χ1n) is 4.35. The molecule has 0 saturated heterocycles. The third kappa shape index (κ3) is 2.07. The average Bonchev–Trinajstić information content (AvgIpc) is 2.03. The maximum absolute atomic E-state index is 13.7. The van der Waals surface area contributed by atoms with Gasteiger partial charge in [-0.1, -0.05) is 23.8 Å². The summed E-state index contributed by atoms with van der Waals surface area (Å²) in [5, 5.41) is 8.87. The highest BCUT2D eigenvalue weighted by Gasteiger charge is 2.26. The van der Waals surface area contributed by atoms with E-state index < -0.39 is 12.3 Å². The normalized spacial score (nSPS) is 15.5. The number of hydrogen-bond acceptors (Lipinski definition) is 1. The van der Waals surface area contributed by atoms with Gasteiger partial charge in [0.25, 0.3) is 0 Å². The second-order valence-electron chi connectivity index (χ2n) is 3.67. The van der Waals surface area contributed by atoms with E-state index in [1.54, 1.807) is 6.07 Å². The van der Waals surface area contributed by atoms with Gasteiger partial charge in [-0.2, -0.15) is 0 Å². The Morgan fingerprint density at radius 2 is 2.00 bits per heavy atom. The Balaban J connectivity index is 3.16. The molecule has 1 rings (SSSR count). The number of halogens is 1. The standard InChI is InChI=1S/C11H15FO/c1-8-4-5-10(9(2)6-8)11(3,12)7-13/h4-6,13H,7H2,1-3H3. The Kier molecular flexibility index (Phi) is 2.71. The Bertz CT molecular complexity index is 305. The number of aryl methyl sites for hydroxylation is 2. The fraction of sp³-hybridized carbons (Fsp3) is 0.455. The number of aliphatic hydroxyl groups is 1. The molecule has 0 amide bonds. The highest BCUT2D eigenvalue weighted by atomic mass is 19.1. The molecule has 0 aliphatic rings. The molecule has 0 heterocycles. The Morgan fingerprint density at radius 3 is 2.46 bits per heavy atom. The minimum Gasteiger partial charge on any atom is -0.393 e. The largest absolute Gasteiger partial charge is 0.393 e. The molecule has 1 aromatic carbocycles. The monoisotopic (exact) mass is 182 g/mol. The van der Waals surface area contributed by atoms with Crippen molar-refractivity contribution in [3.8, 4) is 0 Å². The topological polar surface area (TPSA) is 20.2 Å². The van der Waals surface area contributed by atoms with Crippen molar-refractivity contribution < 1.29 is 9.50 Å². The molecule has 72 valence electrons. The molecule has 0 bridgehead atoms. The smallest absolute Gasteiger partial charge is 0.156 e. The molecule has 0 saturated carbocycles. The first kappa shape index (κ1) is 10.2. The van der Waals surface area contributed by atoms with Crippen molar-refractivity contribution in [2.45, 2.75) is 26.4 Å². The molecule has 0 aliphatic heterocycles. The van der Waals surface area contributed by atoms with Gasteiger partial charge >= 0.3 is 0 Å². The van der Waals surface area contributed by atoms with Gasteiger partial charge < -0.3 is 5.11 Å². The molecule has 1 nitrogen and oxygen atoms in total. The lowest BCUT2D eigenvalue weighted by Gasteiger charge is -2.20. The van der Waals surface area contributed by atoms with Crippen molar-refractivity contribution in [3.63, 3.8) is 0 Å². The predicted octanol–water partition coefficient (Wildman–Crippen LogP) is 2.48. The second-order valence-corrected chi connectivity index (χ2v) is 3.67. The van der Waals surface area contributed by atoms with Crippen LogP contribution in [0.15, 0.2) is 18.2 Å². The Labute approximate surface area is 78.2 Å². The van der Waals surface area contributed by atoms with Crippen LogP contribution in [0.5, 0.6) is 0 Å². The van der Waals surface area contributed by atoms with Crippen LogP contribution in [0.1, 0.15) is 23.6 Å². The Hall–Kier alpha value is -0.890. The molecule has 1 atom stereocenters. The summed E-state index contributed by atoms with van der Waals surface area (Å²) < 4.78 is 13.7. The van der Waals surface area contributed by atoms with Gasteiger partial charge in [0.05, 0.1) is 6.61 Å². The van der Waals surface area contributed by atoms with E-state index in [2.05, 4.69) is 0 Å². The molecule has 2 heteroatoms. The summed E-state index contributed by atoms with van der Waals surface area (Å²) in [6.45, 7) is 4.74. The first-order chi connectivity index (χ1) is 5.97. The van der Waals surface area contributed by atoms with Gasteiger partial charge in [0.1, 0.15) is 0 Å². The van der Waals surface area contributed by atoms with Crippen molar-refractivity contribution in [2.75, 3.05) is 6.61 Å². The van der Waals surface area contributed by atoms with Crippen LogP contribution < -0.4 is 0 Å². The summed E-state index contributed by atoms with van der Waals surface area (Å²) in [4.78, 5) is 0. The van der Waals surface area contributed by atoms with E-state index in [9.17, 15) is 4.39 Å². The lowest BCUT2D eigenvalue weighted by molar-refractivity contribution is 0.0862. The van der Waals surface area contributed by atoms with Crippen molar-refractivity contribution >= 4 is 0 Å². The molecule has 1 unspecified atom stereocenters. The lowest BCUT2D eigenvalue weighted by atomic mass is 9.93. The molecule has 0 aliphatic carbocycles. The van der Waals surface area contributed by atoms with E-state index in [-0.39, 0.29) is 0 Å². The zero-order chi connectivity index (χ0) is 10.1. The molecule has 0 aromatic heterocycles. The molecule has 1 N–H and O–H groups in total. The third-order valence-corrected chi connectivity index (χ3v) is 2.24. The van der Waals surface area contributed by atoms with Crippen LogP contribution in [0.3, 0.4) is 0 Å². The van der Waals surface area contributed by atoms with Crippen LogP contribution in [0, 0.1) is 13.8 Å². The van der Waals surface area contributed by atoms with Gasteiger partial charge in [0.2, 0.25) is 0 Å². The van der Waals surface area contributed by atoms with Crippen molar-refractivity contribution in [1.29, 1.82) is 0 Å². The van der Waals surface area contributed by atoms with E-state index in [0.717, 1.165) is 11.1 Å². The van der Waals surface area contributed by atoms with Crippen LogP contribution in [0.2, 0.25) is 0 Å². The van der Waals surface area contributed by atoms with Crippen LogP contribution in [-0.2, 0) is 5.67 Å². The lowest BCUT2D eigenvalue weighted by Crippen LogP contribution is -2.21. The summed E-state index contributed by atoms with van der Waals surface area (Å²) in [5.74, 6) is 0. The van der Waals surface area contributed by atoms with E-state index in [4.69, 9.17) is 5.11 Å². The summed E-state index contributed by atoms with van der Waals surface area (Å²) in [6, 6.07) is 5.51. The average molecular weight is 182 g/mol. The van der Waals surface area contributed by atoms with Gasteiger partial charge in [-0.05, 0) is 31.9 Å². The van der Waals surface area contributed by atoms with Gasteiger partial charge in [0, 0.05) is 0 Å². The number of benzene rings is 1. The van der Waals surface area contributed by atoms with Crippen LogP contribution in [0.25, 0.3) is 0 Å². The zero-order valence-corrected chi connectivity index (χ0v) is 8.26. The molecule has 0 radical (unpaired) electrons. The molecule has 0 fully saturated rings. The fourth-order valence-electron chi connectivity index (χ4n) is 1.48. The maximum atomic E-state index is 13.7. The van der Waals surface area contributed by atoms with E-state index >= 15 is 0 Å². The van der Waals surface area contributed by atoms with E-state index in [1.807, 2.05) is 26.0 Å². The Morgan fingerprint density at radius 1 is 1.38 bits per heavy atom. The highest BCUT2D eigenvalue weighted by Crippen LogP contribution is 2.27. The SMILES string of the molecule is Cc1ccc(C(C)(F)CO)c(C)c1. The molecular formula is C11H15FO. The number of alkyl halides is 1. The molecule has 13 heavy (non-hydrogen) atoms. The van der Waals surface area contributed by atoms with Crippen molar-refractivity contribution in [1.82, 2.24) is 0 Å². The summed E-state index contributed by atoms with van der Waals surface area (Å²) >= 11 is 0. The van der Waals surface area contributed by atoms with Gasteiger partial charge in [0.15, 0.2) is 5.67 Å². The van der Waals surface area contributed by atoms with Crippen molar-refractivity contribution in [3.05, 3.63) is 34.9 Å². The maximum Gasteiger partial charge on any atom is 0.156 e. The fourth-order valence-corrected chi connectivity index (χ4v) is 1.48. The summed E-state index contributed by atoms with van der Waals surface area (Å²) in [5.41, 5.74) is 0.937. The number of rotatable bonds is 2. The van der Waals surface area contributed by atoms with E-state index in [1.165, 1.54) is 6.92 Å². The minimum absolute atomic E-state index is 0.475. The first-order valence-corrected chi connectivity index (χ1v) is 4.35. The van der Waals surface area contributed by atoms with Gasteiger partial charge in [-0.25, -0.2) is 4.39 Å². The number of hydrogen-bond donors (Lipinski definition) is 1.